The molecule has 4 rings (SSSR count). The Labute approximate surface area is 202 Å². The van der Waals surface area contributed by atoms with Gasteiger partial charge in [-0.05, 0) is 54.4 Å². The van der Waals surface area contributed by atoms with Crippen molar-refractivity contribution in [2.45, 2.75) is 6.42 Å². The van der Waals surface area contributed by atoms with Gasteiger partial charge in [-0.3, -0.25) is 4.98 Å². The Morgan fingerprint density at radius 3 is 2.59 bits per heavy atom. The molecule has 34 heavy (non-hydrogen) atoms. The minimum atomic E-state index is -0.345. The summed E-state index contributed by atoms with van der Waals surface area (Å²) >= 11 is 5.94. The Bertz CT molecular complexity index is 1370. The number of methoxy groups -OCH3 is 1. The molecule has 0 fully saturated rings. The number of fused-ring (bicyclic) bond motifs is 1. The molecule has 0 radical (unpaired) electrons. The quantitative estimate of drug-likeness (QED) is 0.304. The summed E-state index contributed by atoms with van der Waals surface area (Å²) in [6.07, 6.45) is 2.30. The molecule has 170 valence electrons. The molecule has 1 heterocycles. The number of hydrogen-bond donors (Lipinski definition) is 3. The van der Waals surface area contributed by atoms with Gasteiger partial charge in [0, 0.05) is 40.6 Å². The highest BCUT2D eigenvalue weighted by molar-refractivity contribution is 6.30. The zero-order chi connectivity index (χ0) is 23.9. The predicted octanol–water partition coefficient (Wildman–Crippen LogP) is 6.07. The number of nitrogens with zero attached hydrogens (tertiary/aromatic N) is 2. The van der Waals surface area contributed by atoms with E-state index >= 15 is 0 Å². The first kappa shape index (κ1) is 22.9. The molecule has 7 nitrogen and oxygen atoms in total. The molecule has 0 spiro atoms. The number of nitrogens with one attached hydrogen (secondary N) is 3. The first-order valence-electron chi connectivity index (χ1n) is 10.6. The molecule has 4 aromatic rings. The maximum Gasteiger partial charge on any atom is 0.323 e. The molecule has 0 aliphatic heterocycles. The Morgan fingerprint density at radius 1 is 1.06 bits per heavy atom. The van der Waals surface area contributed by atoms with Crippen molar-refractivity contribution < 1.29 is 9.53 Å². The average Bonchev–Trinajstić information content (AvgIpc) is 2.84. The standard InChI is InChI=1S/C26H22ClN5O2/c1-34-22-9-10-23-24(14-22)30-16-18(15-28)25(23)29-12-11-17-5-7-20(8-6-17)31-26(33)32-21-4-2-3-19(27)13-21/h2-10,13-14,16H,11-12H2,1H3,(H,29,30)(H2,31,32,33). The van der Waals surface area contributed by atoms with E-state index < -0.39 is 0 Å². The molecular formula is C26H22ClN5O2. The van der Waals surface area contributed by atoms with Crippen LogP contribution >= 0.6 is 11.6 Å². The van der Waals surface area contributed by atoms with Gasteiger partial charge >= 0.3 is 6.03 Å². The normalized spacial score (nSPS) is 10.4. The molecule has 0 unspecified atom stereocenters. The molecule has 0 aliphatic rings. The summed E-state index contributed by atoms with van der Waals surface area (Å²) in [6, 6.07) is 22.0. The molecule has 0 saturated carbocycles. The van der Waals surface area contributed by atoms with Gasteiger partial charge in [0.05, 0.1) is 23.9 Å². The van der Waals surface area contributed by atoms with Crippen LogP contribution in [0.4, 0.5) is 21.9 Å². The molecule has 1 aromatic heterocycles. The van der Waals surface area contributed by atoms with Crippen molar-refractivity contribution >= 4 is 45.6 Å². The van der Waals surface area contributed by atoms with Crippen LogP contribution in [-0.4, -0.2) is 24.7 Å². The fourth-order valence-electron chi connectivity index (χ4n) is 3.52. The second kappa shape index (κ2) is 10.6. The van der Waals surface area contributed by atoms with Crippen LogP contribution in [0, 0.1) is 11.3 Å². The van der Waals surface area contributed by atoms with Crippen LogP contribution in [0.2, 0.25) is 5.02 Å². The van der Waals surface area contributed by atoms with Crippen molar-refractivity contribution in [3.05, 3.63) is 89.1 Å². The summed E-state index contributed by atoms with van der Waals surface area (Å²) in [6.45, 7) is 0.627. The topological polar surface area (TPSA) is 99.1 Å². The van der Waals surface area contributed by atoms with Crippen molar-refractivity contribution in [1.82, 2.24) is 4.98 Å². The number of carbonyl (C=O) groups is 1. The lowest BCUT2D eigenvalue weighted by Gasteiger charge is -2.12. The minimum absolute atomic E-state index is 0.345. The smallest absolute Gasteiger partial charge is 0.323 e. The Morgan fingerprint density at radius 2 is 1.85 bits per heavy atom. The molecule has 8 heteroatoms. The van der Waals surface area contributed by atoms with E-state index in [9.17, 15) is 10.1 Å². The molecule has 2 amide bonds. The number of ether oxygens (including phenoxy) is 1. The number of hydrogen-bond acceptors (Lipinski definition) is 5. The second-order valence-corrected chi connectivity index (χ2v) is 7.94. The summed E-state index contributed by atoms with van der Waals surface area (Å²) in [5.41, 5.74) is 4.39. The summed E-state index contributed by atoms with van der Waals surface area (Å²) < 4.78 is 5.26. The van der Waals surface area contributed by atoms with Gasteiger partial charge in [-0.15, -0.1) is 0 Å². The van der Waals surface area contributed by atoms with Crippen molar-refractivity contribution in [3.8, 4) is 11.8 Å². The molecule has 0 aliphatic carbocycles. The van der Waals surface area contributed by atoms with Crippen LogP contribution in [0.25, 0.3) is 10.9 Å². The van der Waals surface area contributed by atoms with E-state index in [1.54, 1.807) is 37.6 Å². The molecule has 3 aromatic carbocycles. The number of anilines is 3. The zero-order valence-electron chi connectivity index (χ0n) is 18.4. The van der Waals surface area contributed by atoms with Gasteiger partial charge in [0.15, 0.2) is 0 Å². The lowest BCUT2D eigenvalue weighted by Crippen LogP contribution is -2.19. The number of urea groups is 1. The summed E-state index contributed by atoms with van der Waals surface area (Å²) in [5, 5.41) is 19.8. The SMILES string of the molecule is COc1ccc2c(NCCc3ccc(NC(=O)Nc4cccc(Cl)c4)cc3)c(C#N)cnc2c1. The third-order valence-electron chi connectivity index (χ3n) is 5.21. The number of nitriles is 1. The first-order valence-corrected chi connectivity index (χ1v) is 11.0. The van der Waals surface area contributed by atoms with Crippen LogP contribution in [0.1, 0.15) is 11.1 Å². The number of pyridine rings is 1. The van der Waals surface area contributed by atoms with Crippen molar-refractivity contribution in [2.24, 2.45) is 0 Å². The number of amides is 2. The summed E-state index contributed by atoms with van der Waals surface area (Å²) in [5.74, 6) is 0.714. The van der Waals surface area contributed by atoms with E-state index in [0.717, 1.165) is 28.6 Å². The van der Waals surface area contributed by atoms with Crippen LogP contribution < -0.4 is 20.7 Å². The average molecular weight is 472 g/mol. The third kappa shape index (κ3) is 5.55. The van der Waals surface area contributed by atoms with Gasteiger partial charge < -0.3 is 20.7 Å². The Balaban J connectivity index is 1.36. The number of aromatic nitrogens is 1. The van der Waals surface area contributed by atoms with E-state index in [1.807, 2.05) is 42.5 Å². The molecule has 0 bridgehead atoms. The lowest BCUT2D eigenvalue weighted by atomic mass is 10.1. The number of halogens is 1. The van der Waals surface area contributed by atoms with E-state index in [-0.39, 0.29) is 6.03 Å². The van der Waals surface area contributed by atoms with Gasteiger partial charge in [0.25, 0.3) is 0 Å². The first-order chi connectivity index (χ1) is 16.6. The third-order valence-corrected chi connectivity index (χ3v) is 5.44. The zero-order valence-corrected chi connectivity index (χ0v) is 19.2. The molecule has 3 N–H and O–H groups in total. The van der Waals surface area contributed by atoms with Crippen molar-refractivity contribution in [1.29, 1.82) is 5.26 Å². The summed E-state index contributed by atoms with van der Waals surface area (Å²) in [4.78, 5) is 16.6. The van der Waals surface area contributed by atoms with Gasteiger partial charge in [-0.2, -0.15) is 5.26 Å². The highest BCUT2D eigenvalue weighted by Gasteiger charge is 2.10. The van der Waals surface area contributed by atoms with Gasteiger partial charge in [0.1, 0.15) is 11.8 Å². The van der Waals surface area contributed by atoms with Crippen LogP contribution in [0.5, 0.6) is 5.75 Å². The molecule has 0 saturated heterocycles. The van der Waals surface area contributed by atoms with Crippen molar-refractivity contribution in [3.63, 3.8) is 0 Å². The van der Waals surface area contributed by atoms with E-state index in [0.29, 0.717) is 34.3 Å². The number of benzene rings is 3. The van der Waals surface area contributed by atoms with Gasteiger partial charge in [-0.25, -0.2) is 4.79 Å². The Hall–Kier alpha value is -4.28. The molecular weight excluding hydrogens is 450 g/mol. The van der Waals surface area contributed by atoms with Crippen LogP contribution in [0.15, 0.2) is 72.9 Å². The van der Waals surface area contributed by atoms with Crippen LogP contribution in [-0.2, 0) is 6.42 Å². The van der Waals surface area contributed by atoms with E-state index in [1.165, 1.54) is 0 Å². The maximum absolute atomic E-state index is 12.2. The van der Waals surface area contributed by atoms with Gasteiger partial charge in [0.2, 0.25) is 0 Å². The van der Waals surface area contributed by atoms with E-state index in [2.05, 4.69) is 27.0 Å². The summed E-state index contributed by atoms with van der Waals surface area (Å²) in [7, 11) is 1.61. The second-order valence-electron chi connectivity index (χ2n) is 7.50. The number of rotatable bonds is 7. The van der Waals surface area contributed by atoms with Crippen LogP contribution in [0.3, 0.4) is 0 Å². The highest BCUT2D eigenvalue weighted by Crippen LogP contribution is 2.28. The Kier molecular flexibility index (Phi) is 7.11. The lowest BCUT2D eigenvalue weighted by molar-refractivity contribution is 0.262. The molecule has 0 atom stereocenters. The van der Waals surface area contributed by atoms with Gasteiger partial charge in [-0.1, -0.05) is 29.8 Å². The number of carbonyl (C=O) groups excluding carboxylic acids is 1. The monoisotopic (exact) mass is 471 g/mol. The van der Waals surface area contributed by atoms with E-state index in [4.69, 9.17) is 16.3 Å². The minimum Gasteiger partial charge on any atom is -0.497 e. The van der Waals surface area contributed by atoms with Crippen molar-refractivity contribution in [2.75, 3.05) is 29.6 Å². The predicted molar refractivity (Wildman–Crippen MR) is 136 cm³/mol. The highest BCUT2D eigenvalue weighted by atomic mass is 35.5. The fraction of sp³-hybridized carbons (Fsp3) is 0.115. The fourth-order valence-corrected chi connectivity index (χ4v) is 3.71. The largest absolute Gasteiger partial charge is 0.497 e. The maximum atomic E-state index is 12.2.